The molecule has 29 heavy (non-hydrogen) atoms. The average Bonchev–Trinajstić information content (AvgIpc) is 3.26. The van der Waals surface area contributed by atoms with Gasteiger partial charge < -0.3 is 19.7 Å². The highest BCUT2D eigenvalue weighted by molar-refractivity contribution is 7.08. The van der Waals surface area contributed by atoms with Gasteiger partial charge in [-0.05, 0) is 35.6 Å². The standard InChI is InChI=1S/C19H17F3N2O4S/c1-3-10-6-14-12(7-13(10)23-17(25)11-4-5-29-8-11)16(28-9-19(20,21)22)15(18(26)27)24(14)2/h4-8H,3,9H2,1-2H3,(H,23,25)(H,26,27). The van der Waals surface area contributed by atoms with Crippen LogP contribution in [0.25, 0.3) is 10.9 Å². The number of hydrogen-bond donors (Lipinski definition) is 2. The molecule has 2 aromatic heterocycles. The number of anilines is 1. The number of carbonyl (C=O) groups is 2. The van der Waals surface area contributed by atoms with E-state index in [1.165, 1.54) is 29.0 Å². The molecule has 0 bridgehead atoms. The number of aromatic nitrogens is 1. The van der Waals surface area contributed by atoms with E-state index >= 15 is 0 Å². The number of halogens is 3. The van der Waals surface area contributed by atoms with E-state index in [0.717, 1.165) is 0 Å². The number of fused-ring (bicyclic) bond motifs is 1. The van der Waals surface area contributed by atoms with Gasteiger partial charge >= 0.3 is 12.1 Å². The number of benzene rings is 1. The smallest absolute Gasteiger partial charge is 0.422 e. The Kier molecular flexibility index (Phi) is 5.56. The maximum atomic E-state index is 12.7. The predicted octanol–water partition coefficient (Wildman–Crippen LogP) is 4.69. The van der Waals surface area contributed by atoms with E-state index in [4.69, 9.17) is 4.74 Å². The van der Waals surface area contributed by atoms with Gasteiger partial charge in [-0.2, -0.15) is 24.5 Å². The summed E-state index contributed by atoms with van der Waals surface area (Å²) in [5.74, 6) is -2.17. The van der Waals surface area contributed by atoms with Crippen molar-refractivity contribution in [3.8, 4) is 5.75 Å². The first kappa shape index (κ1) is 20.7. The molecule has 0 atom stereocenters. The molecule has 1 aromatic carbocycles. The van der Waals surface area contributed by atoms with E-state index in [2.05, 4.69) is 5.32 Å². The summed E-state index contributed by atoms with van der Waals surface area (Å²) in [5, 5.41) is 15.8. The molecule has 0 aliphatic carbocycles. The first-order valence-electron chi connectivity index (χ1n) is 8.54. The van der Waals surface area contributed by atoms with Crippen LogP contribution in [0.2, 0.25) is 0 Å². The summed E-state index contributed by atoms with van der Waals surface area (Å²) in [7, 11) is 1.44. The first-order chi connectivity index (χ1) is 13.6. The number of carboxylic acids is 1. The number of thiophene rings is 1. The van der Waals surface area contributed by atoms with Gasteiger partial charge in [-0.3, -0.25) is 4.79 Å². The molecule has 0 radical (unpaired) electrons. The Morgan fingerprint density at radius 3 is 2.59 bits per heavy atom. The maximum absolute atomic E-state index is 12.7. The number of rotatable bonds is 6. The van der Waals surface area contributed by atoms with Gasteiger partial charge in [-0.1, -0.05) is 6.92 Å². The van der Waals surface area contributed by atoms with Crippen molar-refractivity contribution in [3.63, 3.8) is 0 Å². The Morgan fingerprint density at radius 2 is 2.03 bits per heavy atom. The second-order valence-corrected chi connectivity index (χ2v) is 7.07. The zero-order chi connectivity index (χ0) is 21.3. The Hall–Kier alpha value is -3.01. The Balaban J connectivity index is 2.13. The van der Waals surface area contributed by atoms with Gasteiger partial charge in [0.15, 0.2) is 18.1 Å². The third kappa shape index (κ3) is 4.21. The second kappa shape index (κ2) is 7.78. The van der Waals surface area contributed by atoms with Crippen molar-refractivity contribution in [2.24, 2.45) is 7.05 Å². The number of carboxylic acid groups (broad SMARTS) is 1. The molecule has 0 aliphatic heterocycles. The van der Waals surface area contributed by atoms with Gasteiger partial charge in [0.05, 0.1) is 11.1 Å². The molecule has 154 valence electrons. The van der Waals surface area contributed by atoms with Crippen molar-refractivity contribution in [1.29, 1.82) is 0 Å². The Labute approximate surface area is 167 Å². The Bertz CT molecular complexity index is 1070. The van der Waals surface area contributed by atoms with E-state index in [-0.39, 0.29) is 17.0 Å². The van der Waals surface area contributed by atoms with Crippen LogP contribution in [-0.4, -0.2) is 34.3 Å². The molecular weight excluding hydrogens is 409 g/mol. The molecule has 0 spiro atoms. The van der Waals surface area contributed by atoms with Gasteiger partial charge in [0.25, 0.3) is 5.91 Å². The highest BCUT2D eigenvalue weighted by atomic mass is 32.1. The summed E-state index contributed by atoms with van der Waals surface area (Å²) in [4.78, 5) is 24.1. The lowest BCUT2D eigenvalue weighted by molar-refractivity contribution is -0.153. The van der Waals surface area contributed by atoms with Gasteiger partial charge in [-0.15, -0.1) is 0 Å². The number of aromatic carboxylic acids is 1. The molecule has 0 fully saturated rings. The molecule has 6 nitrogen and oxygen atoms in total. The van der Waals surface area contributed by atoms with E-state index in [9.17, 15) is 27.9 Å². The second-order valence-electron chi connectivity index (χ2n) is 6.29. The van der Waals surface area contributed by atoms with Crippen molar-refractivity contribution >= 4 is 39.8 Å². The number of amides is 1. The van der Waals surface area contributed by atoms with Gasteiger partial charge in [0.2, 0.25) is 0 Å². The third-order valence-corrected chi connectivity index (χ3v) is 5.06. The van der Waals surface area contributed by atoms with Crippen LogP contribution >= 0.6 is 11.3 Å². The fourth-order valence-electron chi connectivity index (χ4n) is 3.03. The van der Waals surface area contributed by atoms with Gasteiger partial charge in [0.1, 0.15) is 0 Å². The van der Waals surface area contributed by atoms with Crippen molar-refractivity contribution < 1.29 is 32.6 Å². The number of nitrogens with one attached hydrogen (secondary N) is 1. The highest BCUT2D eigenvalue weighted by Gasteiger charge is 2.31. The normalized spacial score (nSPS) is 11.6. The minimum absolute atomic E-state index is 0.173. The maximum Gasteiger partial charge on any atom is 0.422 e. The summed E-state index contributed by atoms with van der Waals surface area (Å²) in [6.07, 6.45) is -4.11. The summed E-state index contributed by atoms with van der Waals surface area (Å²) in [5.41, 5.74) is 1.54. The average molecular weight is 426 g/mol. The molecule has 0 unspecified atom stereocenters. The van der Waals surface area contributed by atoms with Gasteiger partial charge in [0, 0.05) is 23.5 Å². The lowest BCUT2D eigenvalue weighted by Gasteiger charge is -2.12. The van der Waals surface area contributed by atoms with Crippen LogP contribution in [0.4, 0.5) is 18.9 Å². The van der Waals surface area contributed by atoms with Gasteiger partial charge in [-0.25, -0.2) is 4.79 Å². The molecule has 2 heterocycles. The summed E-state index contributed by atoms with van der Waals surface area (Å²) >= 11 is 1.35. The number of alkyl halides is 3. The van der Waals surface area contributed by atoms with Crippen LogP contribution in [0, 0.1) is 0 Å². The lowest BCUT2D eigenvalue weighted by atomic mass is 10.1. The summed E-state index contributed by atoms with van der Waals surface area (Å²) < 4.78 is 44.2. The van der Waals surface area contributed by atoms with Crippen molar-refractivity contribution in [3.05, 3.63) is 45.8 Å². The monoisotopic (exact) mass is 426 g/mol. The van der Waals surface area contributed by atoms with E-state index in [0.29, 0.717) is 28.8 Å². The van der Waals surface area contributed by atoms with Crippen LogP contribution in [0.5, 0.6) is 5.75 Å². The molecule has 0 saturated heterocycles. The lowest BCUT2D eigenvalue weighted by Crippen LogP contribution is -2.20. The van der Waals surface area contributed by atoms with Crippen LogP contribution < -0.4 is 10.1 Å². The third-order valence-electron chi connectivity index (χ3n) is 4.37. The molecule has 3 rings (SSSR count). The quantitative estimate of drug-likeness (QED) is 0.599. The first-order valence-corrected chi connectivity index (χ1v) is 9.48. The number of aryl methyl sites for hydroxylation is 2. The summed E-state index contributed by atoms with van der Waals surface area (Å²) in [6, 6.07) is 4.75. The summed E-state index contributed by atoms with van der Waals surface area (Å²) in [6.45, 7) is 0.224. The van der Waals surface area contributed by atoms with Crippen LogP contribution in [0.1, 0.15) is 33.3 Å². The van der Waals surface area contributed by atoms with Crippen molar-refractivity contribution in [1.82, 2.24) is 4.57 Å². The fourth-order valence-corrected chi connectivity index (χ4v) is 3.66. The van der Waals surface area contributed by atoms with E-state index in [1.54, 1.807) is 22.9 Å². The zero-order valence-corrected chi connectivity index (χ0v) is 16.3. The largest absolute Gasteiger partial charge is 0.481 e. The number of nitrogens with zero attached hydrogens (tertiary/aromatic N) is 1. The fraction of sp³-hybridized carbons (Fsp3) is 0.263. The Morgan fingerprint density at radius 1 is 1.31 bits per heavy atom. The number of carbonyl (C=O) groups excluding carboxylic acids is 1. The zero-order valence-electron chi connectivity index (χ0n) is 15.5. The molecule has 0 saturated carbocycles. The minimum atomic E-state index is -4.63. The predicted molar refractivity (Wildman–Crippen MR) is 103 cm³/mol. The van der Waals surface area contributed by atoms with Crippen LogP contribution in [-0.2, 0) is 13.5 Å². The van der Waals surface area contributed by atoms with Crippen LogP contribution in [0.15, 0.2) is 29.0 Å². The molecule has 1 amide bonds. The number of ether oxygens (including phenoxy) is 1. The van der Waals surface area contributed by atoms with Crippen molar-refractivity contribution in [2.75, 3.05) is 11.9 Å². The molecular formula is C19H17F3N2O4S. The van der Waals surface area contributed by atoms with E-state index in [1.807, 2.05) is 6.92 Å². The van der Waals surface area contributed by atoms with Crippen LogP contribution in [0.3, 0.4) is 0 Å². The topological polar surface area (TPSA) is 80.6 Å². The van der Waals surface area contributed by atoms with Crippen molar-refractivity contribution in [2.45, 2.75) is 19.5 Å². The highest BCUT2D eigenvalue weighted by Crippen LogP contribution is 2.37. The number of hydrogen-bond acceptors (Lipinski definition) is 4. The molecule has 2 N–H and O–H groups in total. The molecule has 3 aromatic rings. The molecule has 10 heteroatoms. The molecule has 0 aliphatic rings. The minimum Gasteiger partial charge on any atom is -0.481 e. The SMILES string of the molecule is CCc1cc2c(cc1NC(=O)c1ccsc1)c(OCC(F)(F)F)c(C(=O)O)n2C. The van der Waals surface area contributed by atoms with E-state index < -0.39 is 24.4 Å².